The first-order valence-corrected chi connectivity index (χ1v) is 9.47. The molecule has 0 aromatic rings. The minimum Gasteiger partial charge on any atom is -0.412 e. The minimum absolute atomic E-state index is 0.0531. The second kappa shape index (κ2) is 3.59. The van der Waals surface area contributed by atoms with Gasteiger partial charge in [-0.15, -0.1) is 0 Å². The Bertz CT molecular complexity index is 241. The summed E-state index contributed by atoms with van der Waals surface area (Å²) in [4.78, 5) is 0. The van der Waals surface area contributed by atoms with Crippen molar-refractivity contribution in [2.24, 2.45) is 11.8 Å². The van der Waals surface area contributed by atoms with E-state index in [9.17, 15) is 0 Å². The molecule has 0 aliphatic heterocycles. The van der Waals surface area contributed by atoms with Gasteiger partial charge in [0.25, 0.3) is 0 Å². The molecule has 2 aliphatic carbocycles. The number of fused-ring (bicyclic) bond motifs is 2. The van der Waals surface area contributed by atoms with Gasteiger partial charge in [0.15, 0.2) is 8.32 Å². The second-order valence-electron chi connectivity index (χ2n) is 7.10. The topological polar surface area (TPSA) is 9.23 Å². The highest BCUT2D eigenvalue weighted by atomic mass is 28.4. The lowest BCUT2D eigenvalue weighted by Gasteiger charge is -2.40. The van der Waals surface area contributed by atoms with Crippen molar-refractivity contribution in [1.29, 1.82) is 0 Å². The Balaban J connectivity index is 2.03. The quantitative estimate of drug-likeness (QED) is 0.641. The summed E-state index contributed by atoms with van der Waals surface area (Å²) < 4.78 is 6.40. The Morgan fingerprint density at radius 2 is 1.73 bits per heavy atom. The van der Waals surface area contributed by atoms with Crippen LogP contribution in [-0.2, 0) is 4.43 Å². The highest BCUT2D eigenvalue weighted by Crippen LogP contribution is 2.55. The third-order valence-corrected chi connectivity index (χ3v) is 7.83. The zero-order chi connectivity index (χ0) is 11.3. The van der Waals surface area contributed by atoms with Crippen molar-refractivity contribution in [2.75, 3.05) is 0 Å². The number of hydrogen-bond donors (Lipinski definition) is 0. The van der Waals surface area contributed by atoms with E-state index >= 15 is 0 Å². The van der Waals surface area contributed by atoms with Gasteiger partial charge in [0, 0.05) is 5.60 Å². The molecule has 2 rings (SSSR count). The summed E-state index contributed by atoms with van der Waals surface area (Å²) in [6.07, 6.45) is 5.97. The van der Waals surface area contributed by atoms with Crippen LogP contribution in [0.1, 0.15) is 46.5 Å². The van der Waals surface area contributed by atoms with Crippen LogP contribution in [0, 0.1) is 11.8 Å². The largest absolute Gasteiger partial charge is 0.412 e. The molecule has 2 heteroatoms. The van der Waals surface area contributed by atoms with Crippen LogP contribution < -0.4 is 0 Å². The van der Waals surface area contributed by atoms with Crippen LogP contribution in [0.3, 0.4) is 0 Å². The van der Waals surface area contributed by atoms with Crippen molar-refractivity contribution in [1.82, 2.24) is 0 Å². The summed E-state index contributed by atoms with van der Waals surface area (Å²) in [7, 11) is -1.46. The molecular formula is C13H26OSi. The van der Waals surface area contributed by atoms with Crippen LogP contribution in [0.5, 0.6) is 0 Å². The molecule has 0 aromatic heterocycles. The van der Waals surface area contributed by atoms with Crippen molar-refractivity contribution >= 4 is 8.32 Å². The molecule has 1 nitrogen and oxygen atoms in total. The van der Waals surface area contributed by atoms with Gasteiger partial charge in [0.05, 0.1) is 0 Å². The fraction of sp³-hybridized carbons (Fsp3) is 1.00. The Kier molecular flexibility index (Phi) is 2.79. The Morgan fingerprint density at radius 1 is 1.07 bits per heavy atom. The summed E-state index contributed by atoms with van der Waals surface area (Å²) in [5.41, 5.74) is 0.993. The van der Waals surface area contributed by atoms with Gasteiger partial charge in [0.2, 0.25) is 0 Å². The summed E-state index contributed by atoms with van der Waals surface area (Å²) in [5.74, 6) is 2.06. The normalized spacial score (nSPS) is 36.2. The van der Waals surface area contributed by atoms with E-state index in [-0.39, 0.29) is 5.60 Å². The number of rotatable bonds is 2. The molecule has 0 radical (unpaired) electrons. The highest BCUT2D eigenvalue weighted by molar-refractivity contribution is 6.72. The Morgan fingerprint density at radius 3 is 2.13 bits per heavy atom. The van der Waals surface area contributed by atoms with E-state index in [1.54, 1.807) is 0 Å². The average molecular weight is 226 g/mol. The molecule has 88 valence electrons. The molecule has 0 saturated heterocycles. The van der Waals surface area contributed by atoms with Crippen molar-refractivity contribution in [3.05, 3.63) is 0 Å². The maximum atomic E-state index is 6.40. The first-order chi connectivity index (χ1) is 6.78. The lowest BCUT2D eigenvalue weighted by Crippen LogP contribution is -2.44. The molecule has 15 heavy (non-hydrogen) atoms. The van der Waals surface area contributed by atoms with Gasteiger partial charge in [-0.2, -0.15) is 0 Å². The molecule has 2 fully saturated rings. The summed E-state index contributed by atoms with van der Waals surface area (Å²) in [6.45, 7) is 11.5. The molecule has 2 aliphatic rings. The summed E-state index contributed by atoms with van der Waals surface area (Å²) >= 11 is 0. The van der Waals surface area contributed by atoms with Gasteiger partial charge in [-0.25, -0.2) is 0 Å². The molecule has 3 unspecified atom stereocenters. The van der Waals surface area contributed by atoms with Crippen molar-refractivity contribution in [3.63, 3.8) is 0 Å². The van der Waals surface area contributed by atoms with Gasteiger partial charge < -0.3 is 4.43 Å². The molecule has 2 bridgehead atoms. The summed E-state index contributed by atoms with van der Waals surface area (Å²) in [5, 5.41) is 0. The van der Waals surface area contributed by atoms with Crippen LogP contribution >= 0.6 is 0 Å². The Hall–Kier alpha value is 0.177. The van der Waals surface area contributed by atoms with Gasteiger partial charge in [0.1, 0.15) is 0 Å². The SMILES string of the molecule is CC(C)(C)O[Si](C)(C)C1CC2CCC1C2. The zero-order valence-corrected chi connectivity index (χ0v) is 12.0. The molecule has 0 amide bonds. The van der Waals surface area contributed by atoms with E-state index in [1.807, 2.05) is 0 Å². The van der Waals surface area contributed by atoms with E-state index in [0.29, 0.717) is 0 Å². The molecule has 0 spiro atoms. The zero-order valence-electron chi connectivity index (χ0n) is 11.0. The lowest BCUT2D eigenvalue weighted by molar-refractivity contribution is 0.113. The predicted octanol–water partition coefficient (Wildman–Crippen LogP) is 4.20. The second-order valence-corrected chi connectivity index (χ2v) is 11.3. The Labute approximate surface area is 95.7 Å². The monoisotopic (exact) mass is 226 g/mol. The third kappa shape index (κ3) is 2.47. The molecule has 0 heterocycles. The summed E-state index contributed by atoms with van der Waals surface area (Å²) in [6, 6.07) is 0. The fourth-order valence-corrected chi connectivity index (χ4v) is 8.03. The van der Waals surface area contributed by atoms with Crippen molar-refractivity contribution < 1.29 is 4.43 Å². The third-order valence-electron chi connectivity index (χ3n) is 4.20. The van der Waals surface area contributed by atoms with Crippen LogP contribution in [0.15, 0.2) is 0 Å². The lowest BCUT2D eigenvalue weighted by atomic mass is 10.0. The first kappa shape index (κ1) is 11.7. The molecule has 3 atom stereocenters. The van der Waals surface area contributed by atoms with Crippen molar-refractivity contribution in [3.8, 4) is 0 Å². The van der Waals surface area contributed by atoms with E-state index in [0.717, 1.165) is 17.4 Å². The molecular weight excluding hydrogens is 200 g/mol. The predicted molar refractivity (Wildman–Crippen MR) is 67.5 cm³/mol. The fourth-order valence-electron chi connectivity index (χ4n) is 3.96. The van der Waals surface area contributed by atoms with Gasteiger partial charge >= 0.3 is 0 Å². The van der Waals surface area contributed by atoms with Crippen LogP contribution in [-0.4, -0.2) is 13.9 Å². The first-order valence-electron chi connectivity index (χ1n) is 6.48. The molecule has 2 saturated carbocycles. The van der Waals surface area contributed by atoms with Crippen LogP contribution in [0.2, 0.25) is 18.6 Å². The highest BCUT2D eigenvalue weighted by Gasteiger charge is 2.49. The maximum absolute atomic E-state index is 6.40. The van der Waals surface area contributed by atoms with E-state index < -0.39 is 8.32 Å². The standard InChI is InChI=1S/C13H26OSi/c1-13(2,3)14-15(4,5)12-9-10-6-7-11(12)8-10/h10-12H,6-9H2,1-5H3. The van der Waals surface area contributed by atoms with E-state index in [2.05, 4.69) is 33.9 Å². The van der Waals surface area contributed by atoms with Gasteiger partial charge in [-0.05, 0) is 64.1 Å². The average Bonchev–Trinajstić information content (AvgIpc) is 2.58. The minimum atomic E-state index is -1.46. The molecule has 0 N–H and O–H groups in total. The molecule has 0 aromatic carbocycles. The van der Waals surface area contributed by atoms with Crippen LogP contribution in [0.25, 0.3) is 0 Å². The number of hydrogen-bond acceptors (Lipinski definition) is 1. The van der Waals surface area contributed by atoms with Gasteiger partial charge in [-0.1, -0.05) is 12.8 Å². The smallest absolute Gasteiger partial charge is 0.190 e. The van der Waals surface area contributed by atoms with E-state index in [4.69, 9.17) is 4.43 Å². The van der Waals surface area contributed by atoms with Crippen LogP contribution in [0.4, 0.5) is 0 Å². The van der Waals surface area contributed by atoms with Crippen molar-refractivity contribution in [2.45, 2.75) is 70.7 Å². The van der Waals surface area contributed by atoms with Gasteiger partial charge in [-0.3, -0.25) is 0 Å². The van der Waals surface area contributed by atoms with E-state index in [1.165, 1.54) is 25.7 Å². The maximum Gasteiger partial charge on any atom is 0.190 e.